The summed E-state index contributed by atoms with van der Waals surface area (Å²) in [5.41, 5.74) is 7.45. The molecule has 4 heteroatoms. The number of hydroxylamine groups is 1. The standard InChI is InChI=1S/C4H8N2O2/c5-3-1-2-8-6-4(3)7/h3H,1-2,5H2,(H,6,7)/t3-/m0/s1. The Morgan fingerprint density at radius 3 is 3.00 bits per heavy atom. The fourth-order valence-electron chi connectivity index (χ4n) is 0.515. The van der Waals surface area contributed by atoms with Gasteiger partial charge in [-0.25, -0.2) is 5.48 Å². The SMILES string of the molecule is N[C@H]1CCONC1=O. The van der Waals surface area contributed by atoms with E-state index in [1.54, 1.807) is 0 Å². The smallest absolute Gasteiger partial charge is 0.260 e. The Bertz CT molecular complexity index is 104. The van der Waals surface area contributed by atoms with Crippen molar-refractivity contribution in [3.05, 3.63) is 0 Å². The number of rotatable bonds is 0. The van der Waals surface area contributed by atoms with Crippen molar-refractivity contribution in [2.75, 3.05) is 6.61 Å². The van der Waals surface area contributed by atoms with Crippen LogP contribution in [0.4, 0.5) is 0 Å². The predicted octanol–water partition coefficient (Wildman–Crippen LogP) is -1.23. The van der Waals surface area contributed by atoms with Crippen LogP contribution in [0.3, 0.4) is 0 Å². The van der Waals surface area contributed by atoms with Crippen LogP contribution in [-0.2, 0) is 9.63 Å². The third kappa shape index (κ3) is 0.962. The lowest BCUT2D eigenvalue weighted by Gasteiger charge is -2.16. The van der Waals surface area contributed by atoms with Crippen LogP contribution in [0.15, 0.2) is 0 Å². The molecule has 0 spiro atoms. The van der Waals surface area contributed by atoms with E-state index in [0.29, 0.717) is 13.0 Å². The molecule has 8 heavy (non-hydrogen) atoms. The summed E-state index contributed by atoms with van der Waals surface area (Å²) in [4.78, 5) is 15.0. The van der Waals surface area contributed by atoms with Gasteiger partial charge in [0.2, 0.25) is 0 Å². The zero-order valence-corrected chi connectivity index (χ0v) is 4.39. The first-order valence-electron chi connectivity index (χ1n) is 2.48. The Labute approximate surface area is 46.9 Å². The minimum atomic E-state index is -0.372. The van der Waals surface area contributed by atoms with Crippen molar-refractivity contribution in [3.63, 3.8) is 0 Å². The number of nitrogens with one attached hydrogen (secondary N) is 1. The molecule has 46 valence electrons. The lowest BCUT2D eigenvalue weighted by Crippen LogP contribution is -2.45. The number of hydrogen-bond donors (Lipinski definition) is 2. The van der Waals surface area contributed by atoms with Gasteiger partial charge in [-0.2, -0.15) is 0 Å². The molecule has 0 aromatic rings. The van der Waals surface area contributed by atoms with E-state index in [1.807, 2.05) is 0 Å². The summed E-state index contributed by atoms with van der Waals surface area (Å²) in [6.07, 6.45) is 0.617. The quantitative estimate of drug-likeness (QED) is 0.416. The van der Waals surface area contributed by atoms with Crippen molar-refractivity contribution < 1.29 is 9.63 Å². The minimum Gasteiger partial charge on any atom is -0.320 e. The normalized spacial score (nSPS) is 29.6. The van der Waals surface area contributed by atoms with Gasteiger partial charge in [-0.3, -0.25) is 9.63 Å². The largest absolute Gasteiger partial charge is 0.320 e. The Morgan fingerprint density at radius 1 is 1.88 bits per heavy atom. The lowest BCUT2D eigenvalue weighted by atomic mass is 10.2. The van der Waals surface area contributed by atoms with E-state index in [9.17, 15) is 4.79 Å². The van der Waals surface area contributed by atoms with E-state index in [2.05, 4.69) is 10.3 Å². The number of hydrogen-bond acceptors (Lipinski definition) is 3. The van der Waals surface area contributed by atoms with Crippen LogP contribution >= 0.6 is 0 Å². The van der Waals surface area contributed by atoms with Gasteiger partial charge >= 0.3 is 0 Å². The fourth-order valence-corrected chi connectivity index (χ4v) is 0.515. The van der Waals surface area contributed by atoms with Gasteiger partial charge in [0, 0.05) is 0 Å². The van der Waals surface area contributed by atoms with E-state index < -0.39 is 0 Å². The van der Waals surface area contributed by atoms with E-state index in [1.165, 1.54) is 0 Å². The van der Waals surface area contributed by atoms with Crippen LogP contribution in [0.25, 0.3) is 0 Å². The van der Waals surface area contributed by atoms with Gasteiger partial charge in [0.15, 0.2) is 0 Å². The first-order chi connectivity index (χ1) is 3.80. The van der Waals surface area contributed by atoms with Gasteiger partial charge < -0.3 is 5.73 Å². The molecule has 1 amide bonds. The fraction of sp³-hybridized carbons (Fsp3) is 0.750. The van der Waals surface area contributed by atoms with E-state index in [4.69, 9.17) is 5.73 Å². The highest BCUT2D eigenvalue weighted by Crippen LogP contribution is 1.93. The van der Waals surface area contributed by atoms with Crippen LogP contribution < -0.4 is 11.2 Å². The van der Waals surface area contributed by atoms with Gasteiger partial charge in [0.25, 0.3) is 5.91 Å². The molecule has 0 aliphatic carbocycles. The highest BCUT2D eigenvalue weighted by Gasteiger charge is 2.17. The van der Waals surface area contributed by atoms with Crippen molar-refractivity contribution >= 4 is 5.91 Å². The predicted molar refractivity (Wildman–Crippen MR) is 26.7 cm³/mol. The van der Waals surface area contributed by atoms with Gasteiger partial charge in [0.05, 0.1) is 12.6 Å². The summed E-state index contributed by atoms with van der Waals surface area (Å²) in [7, 11) is 0. The second-order valence-electron chi connectivity index (χ2n) is 1.71. The second kappa shape index (κ2) is 2.11. The van der Waals surface area contributed by atoms with Crippen LogP contribution in [0.1, 0.15) is 6.42 Å². The number of amides is 1. The number of carbonyl (C=O) groups excluding carboxylic acids is 1. The van der Waals surface area contributed by atoms with E-state index >= 15 is 0 Å². The zero-order chi connectivity index (χ0) is 5.98. The van der Waals surface area contributed by atoms with Gasteiger partial charge in [-0.1, -0.05) is 0 Å². The van der Waals surface area contributed by atoms with Crippen molar-refractivity contribution in [3.8, 4) is 0 Å². The molecule has 4 nitrogen and oxygen atoms in total. The summed E-state index contributed by atoms with van der Waals surface area (Å²) >= 11 is 0. The van der Waals surface area contributed by atoms with Crippen LogP contribution in [0, 0.1) is 0 Å². The van der Waals surface area contributed by atoms with E-state index in [0.717, 1.165) is 0 Å². The number of nitrogens with two attached hydrogens (primary N) is 1. The molecule has 0 saturated carbocycles. The molecule has 1 saturated heterocycles. The number of carbonyl (C=O) groups is 1. The third-order valence-electron chi connectivity index (χ3n) is 1.04. The molecule has 0 aromatic heterocycles. The summed E-state index contributed by atoms with van der Waals surface area (Å²) < 4.78 is 0. The summed E-state index contributed by atoms with van der Waals surface area (Å²) in [6.45, 7) is 0.521. The van der Waals surface area contributed by atoms with Crippen LogP contribution in [-0.4, -0.2) is 18.6 Å². The first kappa shape index (κ1) is 5.53. The Hall–Kier alpha value is -0.610. The lowest BCUT2D eigenvalue weighted by molar-refractivity contribution is -0.140. The molecule has 0 unspecified atom stereocenters. The van der Waals surface area contributed by atoms with Crippen molar-refractivity contribution in [2.24, 2.45) is 5.73 Å². The molecule has 1 fully saturated rings. The molecular weight excluding hydrogens is 108 g/mol. The topological polar surface area (TPSA) is 64.3 Å². The van der Waals surface area contributed by atoms with Gasteiger partial charge in [0.1, 0.15) is 0 Å². The average molecular weight is 116 g/mol. The summed E-state index contributed by atoms with van der Waals surface area (Å²) in [6, 6.07) is -0.372. The van der Waals surface area contributed by atoms with Crippen molar-refractivity contribution in [1.82, 2.24) is 5.48 Å². The zero-order valence-electron chi connectivity index (χ0n) is 4.39. The molecule has 0 aromatic carbocycles. The maximum absolute atomic E-state index is 10.4. The third-order valence-corrected chi connectivity index (χ3v) is 1.04. The molecule has 1 aliphatic rings. The average Bonchev–Trinajstić information content (AvgIpc) is 1.77. The summed E-state index contributed by atoms with van der Waals surface area (Å²) in [5.74, 6) is -0.226. The van der Waals surface area contributed by atoms with Gasteiger partial charge in [-0.05, 0) is 6.42 Å². The second-order valence-corrected chi connectivity index (χ2v) is 1.71. The van der Waals surface area contributed by atoms with Gasteiger partial charge in [-0.15, -0.1) is 0 Å². The van der Waals surface area contributed by atoms with E-state index in [-0.39, 0.29) is 11.9 Å². The molecule has 1 rings (SSSR count). The monoisotopic (exact) mass is 116 g/mol. The Kier molecular flexibility index (Phi) is 1.45. The Balaban J connectivity index is 2.39. The highest BCUT2D eigenvalue weighted by atomic mass is 16.7. The van der Waals surface area contributed by atoms with Crippen molar-refractivity contribution in [1.29, 1.82) is 0 Å². The molecule has 1 aliphatic heterocycles. The maximum atomic E-state index is 10.4. The van der Waals surface area contributed by atoms with Crippen molar-refractivity contribution in [2.45, 2.75) is 12.5 Å². The molecule has 1 atom stereocenters. The van der Waals surface area contributed by atoms with Crippen LogP contribution in [0.5, 0.6) is 0 Å². The summed E-state index contributed by atoms with van der Waals surface area (Å²) in [5, 5.41) is 0. The maximum Gasteiger partial charge on any atom is 0.260 e. The molecule has 0 radical (unpaired) electrons. The van der Waals surface area contributed by atoms with Crippen LogP contribution in [0.2, 0.25) is 0 Å². The molecule has 3 N–H and O–H groups in total. The minimum absolute atomic E-state index is 0.226. The first-order valence-corrected chi connectivity index (χ1v) is 2.48. The molecular formula is C4H8N2O2. The highest BCUT2D eigenvalue weighted by molar-refractivity contribution is 5.80. The Morgan fingerprint density at radius 2 is 2.62 bits per heavy atom. The molecule has 0 bridgehead atoms. The molecule has 1 heterocycles.